The topological polar surface area (TPSA) is 68.8 Å². The van der Waals surface area contributed by atoms with Crippen molar-refractivity contribution >= 4 is 5.69 Å². The molecule has 0 fully saturated rings. The van der Waals surface area contributed by atoms with Gasteiger partial charge in [-0.2, -0.15) is 10.5 Å². The Hall–Kier alpha value is -3.31. The molecule has 102 valence electrons. The Morgan fingerprint density at radius 2 is 1.76 bits per heavy atom. The lowest BCUT2D eigenvalue weighted by Crippen LogP contribution is -1.91. The van der Waals surface area contributed by atoms with E-state index in [0.717, 1.165) is 0 Å². The molecule has 0 aliphatic rings. The van der Waals surface area contributed by atoms with Gasteiger partial charge in [0.05, 0.1) is 0 Å². The summed E-state index contributed by atoms with van der Waals surface area (Å²) in [5, 5.41) is 20.1. The molecule has 0 saturated heterocycles. The van der Waals surface area contributed by atoms with Gasteiger partial charge in [-0.3, -0.25) is 0 Å². The van der Waals surface area contributed by atoms with Crippen molar-refractivity contribution in [1.82, 2.24) is 0 Å². The van der Waals surface area contributed by atoms with Crippen molar-refractivity contribution in [2.45, 2.75) is 0 Å². The van der Waals surface area contributed by atoms with Crippen molar-refractivity contribution in [2.75, 3.05) is 5.32 Å². The molecule has 2 aromatic rings. The van der Waals surface area contributed by atoms with Crippen LogP contribution in [-0.4, -0.2) is 0 Å². The number of nitrogens with zero attached hydrogens (tertiary/aromatic N) is 2. The lowest BCUT2D eigenvalue weighted by atomic mass is 10.3. The number of hydrogen-bond acceptors (Lipinski definition) is 4. The van der Waals surface area contributed by atoms with Gasteiger partial charge in [0.2, 0.25) is 0 Å². The maximum absolute atomic E-state index is 12.8. The maximum atomic E-state index is 12.8. The molecule has 0 atom stereocenters. The zero-order valence-electron chi connectivity index (χ0n) is 10.9. The van der Waals surface area contributed by atoms with Crippen LogP contribution in [0.2, 0.25) is 0 Å². The van der Waals surface area contributed by atoms with Crippen molar-refractivity contribution < 1.29 is 9.13 Å². The van der Waals surface area contributed by atoms with E-state index < -0.39 is 0 Å². The molecule has 0 unspecified atom stereocenters. The number of rotatable bonds is 4. The molecule has 1 N–H and O–H groups in total. The third kappa shape index (κ3) is 4.09. The number of benzene rings is 2. The summed E-state index contributed by atoms with van der Waals surface area (Å²) in [4.78, 5) is 0. The first-order valence-corrected chi connectivity index (χ1v) is 6.01. The van der Waals surface area contributed by atoms with Crippen LogP contribution < -0.4 is 10.1 Å². The maximum Gasteiger partial charge on any atom is 0.145 e. The van der Waals surface area contributed by atoms with Gasteiger partial charge in [-0.25, -0.2) is 4.39 Å². The fourth-order valence-corrected chi connectivity index (χ4v) is 1.53. The number of nitriles is 2. The van der Waals surface area contributed by atoms with E-state index in [9.17, 15) is 4.39 Å². The Morgan fingerprint density at radius 3 is 2.43 bits per heavy atom. The van der Waals surface area contributed by atoms with E-state index in [4.69, 9.17) is 15.3 Å². The van der Waals surface area contributed by atoms with E-state index in [-0.39, 0.29) is 11.4 Å². The highest BCUT2D eigenvalue weighted by Gasteiger charge is 1.99. The molecule has 0 radical (unpaired) electrons. The van der Waals surface area contributed by atoms with Crippen LogP contribution in [0.25, 0.3) is 0 Å². The summed E-state index contributed by atoms with van der Waals surface area (Å²) in [7, 11) is 0. The SMILES string of the molecule is N#CC(C#N)=CNc1cccc(Oc2ccc(F)cc2)c1. The third-order valence-electron chi connectivity index (χ3n) is 2.51. The van der Waals surface area contributed by atoms with Crippen molar-refractivity contribution in [2.24, 2.45) is 0 Å². The predicted molar refractivity (Wildman–Crippen MR) is 75.8 cm³/mol. The molecule has 21 heavy (non-hydrogen) atoms. The Morgan fingerprint density at radius 1 is 1.05 bits per heavy atom. The fraction of sp³-hybridized carbons (Fsp3) is 0. The van der Waals surface area contributed by atoms with Gasteiger partial charge in [0.25, 0.3) is 0 Å². The number of nitrogens with one attached hydrogen (secondary N) is 1. The predicted octanol–water partition coefficient (Wildman–Crippen LogP) is 3.96. The van der Waals surface area contributed by atoms with E-state index in [1.54, 1.807) is 36.4 Å². The number of allylic oxidation sites excluding steroid dienone is 1. The number of anilines is 1. The summed E-state index contributed by atoms with van der Waals surface area (Å²) < 4.78 is 18.4. The molecule has 0 aliphatic heterocycles. The summed E-state index contributed by atoms with van der Waals surface area (Å²) in [5.74, 6) is 0.734. The van der Waals surface area contributed by atoms with Crippen LogP contribution >= 0.6 is 0 Å². The Bertz CT molecular complexity index is 723. The molecule has 2 aromatic carbocycles. The monoisotopic (exact) mass is 279 g/mol. The minimum Gasteiger partial charge on any atom is -0.457 e. The Labute approximate surface area is 121 Å². The van der Waals surface area contributed by atoms with E-state index in [0.29, 0.717) is 17.2 Å². The second-order valence-corrected chi connectivity index (χ2v) is 4.01. The van der Waals surface area contributed by atoms with Crippen LogP contribution in [0.15, 0.2) is 60.3 Å². The number of ether oxygens (including phenoxy) is 1. The molecule has 0 heterocycles. The van der Waals surface area contributed by atoms with Gasteiger partial charge in [-0.05, 0) is 36.4 Å². The highest BCUT2D eigenvalue weighted by molar-refractivity contribution is 5.53. The third-order valence-corrected chi connectivity index (χ3v) is 2.51. The first-order valence-electron chi connectivity index (χ1n) is 6.01. The quantitative estimate of drug-likeness (QED) is 0.860. The summed E-state index contributed by atoms with van der Waals surface area (Å²) in [6.07, 6.45) is 1.32. The molecular weight excluding hydrogens is 269 g/mol. The Kier molecular flexibility index (Phi) is 4.53. The summed E-state index contributed by atoms with van der Waals surface area (Å²) >= 11 is 0. The second-order valence-electron chi connectivity index (χ2n) is 4.01. The van der Waals surface area contributed by atoms with Crippen LogP contribution in [0, 0.1) is 28.5 Å². The number of hydrogen-bond donors (Lipinski definition) is 1. The highest BCUT2D eigenvalue weighted by atomic mass is 19.1. The average molecular weight is 279 g/mol. The van der Waals surface area contributed by atoms with E-state index in [1.165, 1.54) is 30.5 Å². The molecule has 2 rings (SSSR count). The molecule has 0 spiro atoms. The molecule has 5 heteroatoms. The minimum absolute atomic E-state index is 0.0279. The van der Waals surface area contributed by atoms with Gasteiger partial charge in [0.1, 0.15) is 35.0 Å². The lowest BCUT2D eigenvalue weighted by molar-refractivity contribution is 0.481. The second kappa shape index (κ2) is 6.74. The molecule has 0 amide bonds. The van der Waals surface area contributed by atoms with Crippen molar-refractivity contribution in [3.8, 4) is 23.6 Å². The Balaban J connectivity index is 2.11. The fourth-order valence-electron chi connectivity index (χ4n) is 1.53. The summed E-state index contributed by atoms with van der Waals surface area (Å²) in [6.45, 7) is 0. The molecule has 0 aromatic heterocycles. The van der Waals surface area contributed by atoms with E-state index >= 15 is 0 Å². The van der Waals surface area contributed by atoms with Gasteiger partial charge in [0.15, 0.2) is 0 Å². The van der Waals surface area contributed by atoms with Gasteiger partial charge in [0, 0.05) is 18.0 Å². The normalized spacial score (nSPS) is 9.10. The lowest BCUT2D eigenvalue weighted by Gasteiger charge is -2.07. The zero-order chi connectivity index (χ0) is 15.1. The van der Waals surface area contributed by atoms with Gasteiger partial charge < -0.3 is 10.1 Å². The van der Waals surface area contributed by atoms with Gasteiger partial charge in [-0.15, -0.1) is 0 Å². The zero-order valence-corrected chi connectivity index (χ0v) is 10.9. The van der Waals surface area contributed by atoms with Crippen molar-refractivity contribution in [1.29, 1.82) is 10.5 Å². The largest absolute Gasteiger partial charge is 0.457 e. The average Bonchev–Trinajstić information content (AvgIpc) is 2.51. The minimum atomic E-state index is -0.330. The first kappa shape index (κ1) is 14.1. The van der Waals surface area contributed by atoms with Crippen molar-refractivity contribution in [3.05, 3.63) is 66.1 Å². The first-order chi connectivity index (χ1) is 10.2. The van der Waals surface area contributed by atoms with E-state index in [1.807, 2.05) is 0 Å². The number of halogens is 1. The standard InChI is InChI=1S/C16H10FN3O/c17-13-4-6-15(7-5-13)21-16-3-1-2-14(8-16)20-11-12(9-18)10-19/h1-8,11,20H. The summed E-state index contributed by atoms with van der Waals surface area (Å²) in [5.41, 5.74) is 0.637. The molecule has 4 nitrogen and oxygen atoms in total. The molecule has 0 aliphatic carbocycles. The molecule has 0 saturated carbocycles. The van der Waals surface area contributed by atoms with Gasteiger partial charge >= 0.3 is 0 Å². The van der Waals surface area contributed by atoms with Crippen molar-refractivity contribution in [3.63, 3.8) is 0 Å². The van der Waals surface area contributed by atoms with Crippen LogP contribution in [0.5, 0.6) is 11.5 Å². The summed E-state index contributed by atoms with van der Waals surface area (Å²) in [6, 6.07) is 16.1. The molecular formula is C16H10FN3O. The van der Waals surface area contributed by atoms with Crippen LogP contribution in [0.3, 0.4) is 0 Å². The smallest absolute Gasteiger partial charge is 0.145 e. The van der Waals surface area contributed by atoms with Gasteiger partial charge in [-0.1, -0.05) is 6.07 Å². The van der Waals surface area contributed by atoms with Crippen LogP contribution in [0.4, 0.5) is 10.1 Å². The highest BCUT2D eigenvalue weighted by Crippen LogP contribution is 2.24. The van der Waals surface area contributed by atoms with Crippen LogP contribution in [0.1, 0.15) is 0 Å². The van der Waals surface area contributed by atoms with Crippen LogP contribution in [-0.2, 0) is 0 Å². The van der Waals surface area contributed by atoms with E-state index in [2.05, 4.69) is 5.32 Å². The molecule has 0 bridgehead atoms.